The third kappa shape index (κ3) is 2.32. The minimum atomic E-state index is -0.308. The molecule has 0 radical (unpaired) electrons. The second-order valence-corrected chi connectivity index (χ2v) is 3.31. The maximum Gasteiger partial charge on any atom is 0.261 e. The lowest BCUT2D eigenvalue weighted by Crippen LogP contribution is -2.27. The van der Waals surface area contributed by atoms with Gasteiger partial charge in [-0.05, 0) is 26.0 Å². The fraction of sp³-hybridized carbons (Fsp3) is 0.364. The molecule has 1 heterocycles. The van der Waals surface area contributed by atoms with Crippen molar-refractivity contribution in [3.05, 3.63) is 33.7 Å². The zero-order valence-corrected chi connectivity index (χ0v) is 8.78. The van der Waals surface area contributed by atoms with Crippen molar-refractivity contribution in [2.75, 3.05) is 0 Å². The van der Waals surface area contributed by atoms with Gasteiger partial charge in [-0.1, -0.05) is 0 Å². The van der Waals surface area contributed by atoms with Crippen molar-refractivity contribution in [3.63, 3.8) is 0 Å². The maximum atomic E-state index is 11.8. The highest BCUT2D eigenvalue weighted by molar-refractivity contribution is 5.93. The molecule has 0 aliphatic carbocycles. The van der Waals surface area contributed by atoms with E-state index in [1.54, 1.807) is 13.0 Å². The molecular formula is C11H12N2O2. The third-order valence-electron chi connectivity index (χ3n) is 2.22. The van der Waals surface area contributed by atoms with Gasteiger partial charge in [0.1, 0.15) is 0 Å². The highest BCUT2D eigenvalue weighted by atomic mass is 16.1. The number of pyridine rings is 1. The first-order valence-corrected chi connectivity index (χ1v) is 4.66. The molecule has 0 spiro atoms. The van der Waals surface area contributed by atoms with Crippen LogP contribution in [0.5, 0.6) is 0 Å². The number of aryl methyl sites for hydroxylation is 1. The monoisotopic (exact) mass is 204 g/mol. The second kappa shape index (κ2) is 4.56. The number of aromatic nitrogens is 1. The van der Waals surface area contributed by atoms with Crippen molar-refractivity contribution in [3.8, 4) is 6.07 Å². The van der Waals surface area contributed by atoms with E-state index in [0.717, 1.165) is 5.69 Å². The number of ketones is 1. The molecule has 0 saturated heterocycles. The molecular weight excluding hydrogens is 192 g/mol. The largest absolute Gasteiger partial charge is 0.311 e. The predicted octanol–water partition coefficient (Wildman–Crippen LogP) is 1.27. The van der Waals surface area contributed by atoms with E-state index in [2.05, 4.69) is 0 Å². The normalized spacial score (nSPS) is 9.67. The maximum absolute atomic E-state index is 11.8. The molecule has 15 heavy (non-hydrogen) atoms. The Morgan fingerprint density at radius 1 is 1.53 bits per heavy atom. The highest BCUT2D eigenvalue weighted by Gasteiger charge is 2.09. The molecule has 0 aliphatic heterocycles. The van der Waals surface area contributed by atoms with Gasteiger partial charge >= 0.3 is 0 Å². The van der Waals surface area contributed by atoms with Gasteiger partial charge in [-0.25, -0.2) is 0 Å². The summed E-state index contributed by atoms with van der Waals surface area (Å²) in [6.45, 7) is 3.48. The van der Waals surface area contributed by atoms with Gasteiger partial charge in [0.25, 0.3) is 5.56 Å². The lowest BCUT2D eigenvalue weighted by atomic mass is 10.2. The van der Waals surface area contributed by atoms with E-state index < -0.39 is 0 Å². The quantitative estimate of drug-likeness (QED) is 0.696. The molecule has 0 N–H and O–H groups in total. The molecule has 0 bridgehead atoms. The SMILES string of the molecule is CC(=O)c1ccc(C)n(CCC#N)c1=O. The van der Waals surface area contributed by atoms with Crippen LogP contribution in [-0.4, -0.2) is 10.4 Å². The number of Topliss-reactive ketones (excluding diaryl/α,β-unsaturated/α-hetero) is 1. The Kier molecular flexibility index (Phi) is 3.40. The number of nitriles is 1. The van der Waals surface area contributed by atoms with E-state index in [9.17, 15) is 9.59 Å². The zero-order valence-electron chi connectivity index (χ0n) is 8.78. The Hall–Kier alpha value is -1.89. The van der Waals surface area contributed by atoms with Crippen molar-refractivity contribution in [2.24, 2.45) is 0 Å². The van der Waals surface area contributed by atoms with Crippen molar-refractivity contribution >= 4 is 5.78 Å². The fourth-order valence-electron chi connectivity index (χ4n) is 1.38. The van der Waals surface area contributed by atoms with Gasteiger partial charge in [-0.15, -0.1) is 0 Å². The minimum Gasteiger partial charge on any atom is -0.311 e. The van der Waals surface area contributed by atoms with Crippen LogP contribution in [0.3, 0.4) is 0 Å². The summed E-state index contributed by atoms with van der Waals surface area (Å²) in [5.74, 6) is -0.245. The summed E-state index contributed by atoms with van der Waals surface area (Å²) in [4.78, 5) is 22.9. The van der Waals surface area contributed by atoms with Gasteiger partial charge < -0.3 is 4.57 Å². The molecule has 1 rings (SSSR count). The lowest BCUT2D eigenvalue weighted by molar-refractivity contribution is 0.101. The van der Waals surface area contributed by atoms with Gasteiger partial charge in [0, 0.05) is 12.2 Å². The topological polar surface area (TPSA) is 62.9 Å². The van der Waals surface area contributed by atoms with Gasteiger partial charge in [-0.3, -0.25) is 9.59 Å². The van der Waals surface area contributed by atoms with Crippen LogP contribution in [0, 0.1) is 18.3 Å². The Bertz CT molecular complexity index is 480. The van der Waals surface area contributed by atoms with E-state index >= 15 is 0 Å². The standard InChI is InChI=1S/C11H12N2O2/c1-8-4-5-10(9(2)14)11(15)13(8)7-3-6-12/h4-5H,3,7H2,1-2H3. The average Bonchev–Trinajstić information content (AvgIpc) is 2.17. The number of rotatable bonds is 3. The first kappa shape index (κ1) is 11.2. The molecule has 78 valence electrons. The first-order chi connectivity index (χ1) is 7.07. The van der Waals surface area contributed by atoms with Gasteiger partial charge in [0.05, 0.1) is 18.1 Å². The van der Waals surface area contributed by atoms with Crippen LogP contribution in [0.15, 0.2) is 16.9 Å². The molecule has 0 amide bonds. The minimum absolute atomic E-state index is 0.179. The van der Waals surface area contributed by atoms with Gasteiger partial charge in [0.15, 0.2) is 5.78 Å². The number of carbonyl (C=O) groups excluding carboxylic acids is 1. The van der Waals surface area contributed by atoms with Crippen LogP contribution in [-0.2, 0) is 6.54 Å². The van der Waals surface area contributed by atoms with Crippen LogP contribution < -0.4 is 5.56 Å². The molecule has 0 aromatic carbocycles. The molecule has 4 nitrogen and oxygen atoms in total. The number of nitrogens with zero attached hydrogens (tertiary/aromatic N) is 2. The molecule has 0 unspecified atom stereocenters. The van der Waals surface area contributed by atoms with Crippen molar-refractivity contribution in [1.29, 1.82) is 5.26 Å². The Balaban J connectivity index is 3.26. The number of hydrogen-bond donors (Lipinski definition) is 0. The zero-order chi connectivity index (χ0) is 11.4. The molecule has 1 aromatic heterocycles. The summed E-state index contributed by atoms with van der Waals surface area (Å²) in [5.41, 5.74) is 0.636. The molecule has 4 heteroatoms. The Morgan fingerprint density at radius 3 is 2.73 bits per heavy atom. The lowest BCUT2D eigenvalue weighted by Gasteiger charge is -2.08. The van der Waals surface area contributed by atoms with Crippen LogP contribution in [0.1, 0.15) is 29.4 Å². The summed E-state index contributed by atoms with van der Waals surface area (Å²) in [7, 11) is 0. The summed E-state index contributed by atoms with van der Waals surface area (Å²) in [6.07, 6.45) is 0.266. The predicted molar refractivity (Wildman–Crippen MR) is 55.7 cm³/mol. The molecule has 0 fully saturated rings. The Labute approximate surface area is 87.8 Å². The number of carbonyl (C=O) groups is 1. The van der Waals surface area contributed by atoms with E-state index in [0.29, 0.717) is 6.54 Å². The highest BCUT2D eigenvalue weighted by Crippen LogP contribution is 2.00. The molecule has 0 atom stereocenters. The summed E-state index contributed by atoms with van der Waals surface area (Å²) >= 11 is 0. The van der Waals surface area contributed by atoms with Crippen LogP contribution in [0.25, 0.3) is 0 Å². The van der Waals surface area contributed by atoms with Crippen LogP contribution in [0.2, 0.25) is 0 Å². The van der Waals surface area contributed by atoms with Crippen LogP contribution in [0.4, 0.5) is 0 Å². The van der Waals surface area contributed by atoms with Crippen LogP contribution >= 0.6 is 0 Å². The first-order valence-electron chi connectivity index (χ1n) is 4.66. The van der Waals surface area contributed by atoms with E-state index in [-0.39, 0.29) is 23.3 Å². The molecule has 0 aliphatic rings. The van der Waals surface area contributed by atoms with Crippen molar-refractivity contribution in [2.45, 2.75) is 26.8 Å². The molecule has 1 aromatic rings. The van der Waals surface area contributed by atoms with E-state index in [4.69, 9.17) is 5.26 Å². The van der Waals surface area contributed by atoms with E-state index in [1.807, 2.05) is 6.07 Å². The summed E-state index contributed by atoms with van der Waals surface area (Å²) in [6, 6.07) is 5.22. The fourth-order valence-corrected chi connectivity index (χ4v) is 1.38. The molecule has 0 saturated carbocycles. The third-order valence-corrected chi connectivity index (χ3v) is 2.22. The number of hydrogen-bond acceptors (Lipinski definition) is 3. The Morgan fingerprint density at radius 2 is 2.20 bits per heavy atom. The smallest absolute Gasteiger partial charge is 0.261 e. The van der Waals surface area contributed by atoms with Gasteiger partial charge in [0.2, 0.25) is 0 Å². The van der Waals surface area contributed by atoms with E-state index in [1.165, 1.54) is 17.6 Å². The summed E-state index contributed by atoms with van der Waals surface area (Å²) < 4.78 is 1.46. The van der Waals surface area contributed by atoms with Gasteiger partial charge in [-0.2, -0.15) is 5.26 Å². The summed E-state index contributed by atoms with van der Waals surface area (Å²) in [5, 5.41) is 8.46. The van der Waals surface area contributed by atoms with Crippen molar-refractivity contribution in [1.82, 2.24) is 4.57 Å². The average molecular weight is 204 g/mol. The second-order valence-electron chi connectivity index (χ2n) is 3.31. The van der Waals surface area contributed by atoms with Crippen molar-refractivity contribution < 1.29 is 4.79 Å².